The van der Waals surface area contributed by atoms with E-state index in [1.54, 1.807) is 6.07 Å². The minimum absolute atomic E-state index is 0.402. The Morgan fingerprint density at radius 2 is 1.96 bits per heavy atom. The number of fused-ring (bicyclic) bond motifs is 1. The molecule has 5 heteroatoms. The van der Waals surface area contributed by atoms with E-state index in [1.165, 1.54) is 0 Å². The quantitative estimate of drug-likeness (QED) is 0.577. The van der Waals surface area contributed by atoms with E-state index < -0.39 is 0 Å². The van der Waals surface area contributed by atoms with Gasteiger partial charge >= 0.3 is 0 Å². The lowest BCUT2D eigenvalue weighted by atomic mass is 10.2. The molecule has 5 nitrogen and oxygen atoms in total. The molecule has 0 aliphatic heterocycles. The number of hydrogen-bond acceptors (Lipinski definition) is 3. The van der Waals surface area contributed by atoms with Crippen molar-refractivity contribution in [1.29, 1.82) is 0 Å². The molecular formula is C20H18N3O2. The summed E-state index contributed by atoms with van der Waals surface area (Å²) < 4.78 is 11.6. The second-order valence-corrected chi connectivity index (χ2v) is 5.92. The van der Waals surface area contributed by atoms with Gasteiger partial charge in [-0.05, 0) is 37.3 Å². The van der Waals surface area contributed by atoms with Crippen molar-refractivity contribution in [3.8, 4) is 17.2 Å². The van der Waals surface area contributed by atoms with E-state index in [-0.39, 0.29) is 0 Å². The van der Waals surface area contributed by atoms with E-state index in [2.05, 4.69) is 9.97 Å². The number of nitrogens with zero attached hydrogens (tertiary/aromatic N) is 1. The molecule has 0 spiro atoms. The number of nitrogens with one attached hydrogen (secondary N) is 2. The van der Waals surface area contributed by atoms with Crippen LogP contribution in [0.5, 0.6) is 5.75 Å². The van der Waals surface area contributed by atoms with Crippen molar-refractivity contribution in [3.63, 3.8) is 0 Å². The maximum atomic E-state index is 7.63. The molecule has 2 aromatic carbocycles. The summed E-state index contributed by atoms with van der Waals surface area (Å²) in [6.45, 7) is 2.44. The summed E-state index contributed by atoms with van der Waals surface area (Å²) in [5.41, 5.74) is 10.4. The molecule has 0 fully saturated rings. The molecule has 25 heavy (non-hydrogen) atoms. The van der Waals surface area contributed by atoms with Gasteiger partial charge in [0.2, 0.25) is 5.89 Å². The molecule has 4 aromatic rings. The molecule has 2 heterocycles. The predicted molar refractivity (Wildman–Crippen MR) is 96.9 cm³/mol. The Hall–Kier alpha value is -3.21. The number of ether oxygens (including phenoxy) is 1. The topological polar surface area (TPSA) is 74.8 Å². The van der Waals surface area contributed by atoms with E-state index in [9.17, 15) is 0 Å². The highest BCUT2D eigenvalue weighted by Crippen LogP contribution is 2.24. The zero-order valence-electron chi connectivity index (χ0n) is 13.9. The zero-order chi connectivity index (χ0) is 17.2. The van der Waals surface area contributed by atoms with Crippen LogP contribution in [0.2, 0.25) is 0 Å². The highest BCUT2D eigenvalue weighted by Gasteiger charge is 2.11. The van der Waals surface area contributed by atoms with Crippen molar-refractivity contribution in [2.45, 2.75) is 13.3 Å². The number of aromatic nitrogens is 2. The SMILES string of the molecule is Cc1oc(-c2ccccc2)nc1CCOc1ccc2cc([NH])[nH]c2c1. The Balaban J connectivity index is 1.43. The second kappa shape index (κ2) is 6.36. The van der Waals surface area contributed by atoms with Crippen LogP contribution in [0.1, 0.15) is 11.5 Å². The Kier molecular flexibility index (Phi) is 3.90. The average Bonchev–Trinajstić information content (AvgIpc) is 3.17. The molecule has 0 atom stereocenters. The molecule has 0 unspecified atom stereocenters. The molecule has 2 N–H and O–H groups in total. The van der Waals surface area contributed by atoms with Crippen molar-refractivity contribution in [3.05, 3.63) is 66.1 Å². The maximum Gasteiger partial charge on any atom is 0.226 e. The number of oxazole rings is 1. The molecule has 0 saturated heterocycles. The Morgan fingerprint density at radius 1 is 1.12 bits per heavy atom. The molecule has 0 saturated carbocycles. The molecule has 4 rings (SSSR count). The van der Waals surface area contributed by atoms with Crippen molar-refractivity contribution in [2.75, 3.05) is 6.61 Å². The van der Waals surface area contributed by atoms with Gasteiger partial charge in [-0.3, -0.25) is 5.73 Å². The third-order valence-electron chi connectivity index (χ3n) is 4.11. The smallest absolute Gasteiger partial charge is 0.226 e. The first kappa shape index (κ1) is 15.3. The van der Waals surface area contributed by atoms with Gasteiger partial charge in [-0.1, -0.05) is 18.2 Å². The monoisotopic (exact) mass is 332 g/mol. The van der Waals surface area contributed by atoms with Gasteiger partial charge in [0.05, 0.1) is 17.8 Å². The van der Waals surface area contributed by atoms with Crippen molar-refractivity contribution in [2.24, 2.45) is 0 Å². The molecule has 125 valence electrons. The van der Waals surface area contributed by atoms with Crippen LogP contribution in [-0.2, 0) is 6.42 Å². The standard InChI is InChI=1S/C20H18N3O2/c1-13-17(23-20(25-13)14-5-3-2-4-6-14)9-10-24-16-8-7-15-11-19(21)22-18(15)12-16/h2-8,11-12,21-22H,9-10H2,1H3. The van der Waals surface area contributed by atoms with Crippen molar-refractivity contribution >= 4 is 16.7 Å². The fraction of sp³-hybridized carbons (Fsp3) is 0.150. The van der Waals surface area contributed by atoms with E-state index in [0.717, 1.165) is 33.7 Å². The summed E-state index contributed by atoms with van der Waals surface area (Å²) in [4.78, 5) is 7.58. The van der Waals surface area contributed by atoms with Gasteiger partial charge in [0.25, 0.3) is 0 Å². The number of H-pyrrole nitrogens is 1. The first-order valence-electron chi connectivity index (χ1n) is 8.18. The zero-order valence-corrected chi connectivity index (χ0v) is 13.9. The first-order chi connectivity index (χ1) is 12.2. The number of benzene rings is 2. The second-order valence-electron chi connectivity index (χ2n) is 5.92. The largest absolute Gasteiger partial charge is 0.493 e. The van der Waals surface area contributed by atoms with Crippen LogP contribution < -0.4 is 10.5 Å². The number of hydrogen-bond donors (Lipinski definition) is 1. The third-order valence-corrected chi connectivity index (χ3v) is 4.11. The van der Waals surface area contributed by atoms with Gasteiger partial charge in [0, 0.05) is 23.4 Å². The van der Waals surface area contributed by atoms with Gasteiger partial charge in [-0.15, -0.1) is 0 Å². The summed E-state index contributed by atoms with van der Waals surface area (Å²) in [7, 11) is 0. The van der Waals surface area contributed by atoms with Crippen LogP contribution in [0, 0.1) is 6.92 Å². The normalized spacial score (nSPS) is 11.1. The molecule has 1 radical (unpaired) electrons. The minimum Gasteiger partial charge on any atom is -0.493 e. The predicted octanol–water partition coefficient (Wildman–Crippen LogP) is 4.67. The van der Waals surface area contributed by atoms with Crippen LogP contribution in [0.15, 0.2) is 59.0 Å². The summed E-state index contributed by atoms with van der Waals surface area (Å²) in [6, 6.07) is 17.5. The summed E-state index contributed by atoms with van der Waals surface area (Å²) in [6.07, 6.45) is 0.675. The third kappa shape index (κ3) is 3.21. The summed E-state index contributed by atoms with van der Waals surface area (Å²) >= 11 is 0. The van der Waals surface area contributed by atoms with Gasteiger partial charge in [-0.25, -0.2) is 4.98 Å². The number of aryl methyl sites for hydroxylation is 1. The van der Waals surface area contributed by atoms with E-state index in [0.29, 0.717) is 24.7 Å². The minimum atomic E-state index is 0.402. The number of aromatic amines is 1. The Labute approximate surface area is 145 Å². The van der Waals surface area contributed by atoms with Crippen LogP contribution in [0.3, 0.4) is 0 Å². The van der Waals surface area contributed by atoms with E-state index in [4.69, 9.17) is 14.9 Å². The van der Waals surface area contributed by atoms with Crippen molar-refractivity contribution in [1.82, 2.24) is 15.7 Å². The molecular weight excluding hydrogens is 314 g/mol. The van der Waals surface area contributed by atoms with Gasteiger partial charge in [0.1, 0.15) is 17.3 Å². The van der Waals surface area contributed by atoms with Gasteiger partial charge < -0.3 is 14.1 Å². The molecule has 2 aromatic heterocycles. The molecule has 0 aliphatic carbocycles. The lowest BCUT2D eigenvalue weighted by Gasteiger charge is -2.05. The van der Waals surface area contributed by atoms with Crippen LogP contribution in [0.4, 0.5) is 5.82 Å². The Bertz CT molecular complexity index is 1000. The molecule has 0 aliphatic rings. The average molecular weight is 332 g/mol. The first-order valence-corrected chi connectivity index (χ1v) is 8.18. The molecule has 0 bridgehead atoms. The highest BCUT2D eigenvalue weighted by molar-refractivity contribution is 5.84. The lowest BCUT2D eigenvalue weighted by Crippen LogP contribution is -2.02. The van der Waals surface area contributed by atoms with Crippen LogP contribution >= 0.6 is 0 Å². The van der Waals surface area contributed by atoms with Crippen LogP contribution in [0.25, 0.3) is 22.4 Å². The summed E-state index contributed by atoms with van der Waals surface area (Å²) in [5, 5.41) is 1.01. The van der Waals surface area contributed by atoms with E-state index >= 15 is 0 Å². The molecule has 0 amide bonds. The number of rotatable bonds is 5. The van der Waals surface area contributed by atoms with E-state index in [1.807, 2.05) is 55.5 Å². The van der Waals surface area contributed by atoms with Gasteiger partial charge in [0.15, 0.2) is 0 Å². The fourth-order valence-corrected chi connectivity index (χ4v) is 2.83. The van der Waals surface area contributed by atoms with Gasteiger partial charge in [-0.2, -0.15) is 0 Å². The fourth-order valence-electron chi connectivity index (χ4n) is 2.83. The maximum absolute atomic E-state index is 7.63. The highest BCUT2D eigenvalue weighted by atomic mass is 16.5. The van der Waals surface area contributed by atoms with Crippen LogP contribution in [-0.4, -0.2) is 16.6 Å². The lowest BCUT2D eigenvalue weighted by molar-refractivity contribution is 0.320. The Morgan fingerprint density at radius 3 is 2.80 bits per heavy atom. The summed E-state index contributed by atoms with van der Waals surface area (Å²) in [5.74, 6) is 2.64. The van der Waals surface area contributed by atoms with Crippen molar-refractivity contribution < 1.29 is 9.15 Å².